The van der Waals surface area contributed by atoms with Crippen molar-refractivity contribution in [2.45, 2.75) is 20.0 Å². The lowest BCUT2D eigenvalue weighted by Gasteiger charge is -2.06. The van der Waals surface area contributed by atoms with Crippen molar-refractivity contribution < 1.29 is 5.11 Å². The number of rotatable bonds is 2. The van der Waals surface area contributed by atoms with E-state index in [0.717, 1.165) is 23.6 Å². The minimum absolute atomic E-state index is 0.508. The molecule has 0 radical (unpaired) electrons. The first-order valence-corrected chi connectivity index (χ1v) is 7.90. The summed E-state index contributed by atoms with van der Waals surface area (Å²) >= 11 is 10.1. The lowest BCUT2D eigenvalue weighted by Crippen LogP contribution is -1.95. The highest BCUT2D eigenvalue weighted by Gasteiger charge is 2.18. The van der Waals surface area contributed by atoms with Gasteiger partial charge in [0.05, 0.1) is 3.79 Å². The topological polar surface area (TPSA) is 20.2 Å². The van der Waals surface area contributed by atoms with Gasteiger partial charge in [-0.05, 0) is 63.4 Å². The molecule has 86 valence electrons. The molecule has 1 N–H and O–H groups in total. The van der Waals surface area contributed by atoms with Crippen LogP contribution in [0, 0.1) is 13.8 Å². The summed E-state index contributed by atoms with van der Waals surface area (Å²) in [5, 5.41) is 10.3. The Kier molecular flexibility index (Phi) is 3.91. The second kappa shape index (κ2) is 4.90. The molecule has 0 aliphatic carbocycles. The molecule has 2 aromatic rings. The molecular formula is C11H10Br2OS2. The molecule has 0 spiro atoms. The molecule has 1 nitrogen and oxygen atoms in total. The Morgan fingerprint density at radius 2 is 1.88 bits per heavy atom. The summed E-state index contributed by atoms with van der Waals surface area (Å²) in [7, 11) is 0. The maximum Gasteiger partial charge on any atom is 0.123 e. The Morgan fingerprint density at radius 3 is 2.31 bits per heavy atom. The summed E-state index contributed by atoms with van der Waals surface area (Å²) < 4.78 is 2.02. The predicted octanol–water partition coefficient (Wildman–Crippen LogP) is 5.03. The molecule has 5 heteroatoms. The van der Waals surface area contributed by atoms with Crippen molar-refractivity contribution in [2.24, 2.45) is 0 Å². The fraction of sp³-hybridized carbons (Fsp3) is 0.273. The van der Waals surface area contributed by atoms with Crippen LogP contribution in [0.4, 0.5) is 0 Å². The molecule has 1 unspecified atom stereocenters. The Bertz CT molecular complexity index is 497. The van der Waals surface area contributed by atoms with E-state index in [1.54, 1.807) is 22.7 Å². The Hall–Kier alpha value is 0.320. The highest BCUT2D eigenvalue weighted by Crippen LogP contribution is 2.40. The maximum absolute atomic E-state index is 10.3. The highest BCUT2D eigenvalue weighted by molar-refractivity contribution is 9.13. The SMILES string of the molecule is Cc1cc(C)c(C(O)c2cc(Br)c(Br)s2)s1. The number of aliphatic hydroxyl groups is 1. The van der Waals surface area contributed by atoms with Gasteiger partial charge in [0.25, 0.3) is 0 Å². The molecule has 0 aliphatic rings. The molecule has 2 aromatic heterocycles. The van der Waals surface area contributed by atoms with Gasteiger partial charge in [-0.3, -0.25) is 0 Å². The first kappa shape index (κ1) is 12.8. The zero-order valence-electron chi connectivity index (χ0n) is 8.75. The third-order valence-electron chi connectivity index (χ3n) is 2.26. The molecule has 0 saturated carbocycles. The molecule has 0 aliphatic heterocycles. The van der Waals surface area contributed by atoms with Crippen LogP contribution in [0.2, 0.25) is 0 Å². The molecular weight excluding hydrogens is 372 g/mol. The van der Waals surface area contributed by atoms with Gasteiger partial charge < -0.3 is 5.11 Å². The van der Waals surface area contributed by atoms with Crippen molar-refractivity contribution in [3.05, 3.63) is 40.6 Å². The van der Waals surface area contributed by atoms with Crippen molar-refractivity contribution in [1.29, 1.82) is 0 Å². The molecule has 2 rings (SSSR count). The summed E-state index contributed by atoms with van der Waals surface area (Å²) in [5.74, 6) is 0. The zero-order chi connectivity index (χ0) is 11.9. The Morgan fingerprint density at radius 1 is 1.19 bits per heavy atom. The summed E-state index contributed by atoms with van der Waals surface area (Å²) in [4.78, 5) is 3.24. The van der Waals surface area contributed by atoms with E-state index in [4.69, 9.17) is 0 Å². The van der Waals surface area contributed by atoms with Gasteiger partial charge >= 0.3 is 0 Å². The van der Waals surface area contributed by atoms with Crippen molar-refractivity contribution in [1.82, 2.24) is 0 Å². The standard InChI is InChI=1S/C11H10Br2OS2/c1-5-3-6(2)15-10(5)9(14)8-4-7(12)11(13)16-8/h3-4,9,14H,1-2H3. The molecule has 0 amide bonds. The third kappa shape index (κ3) is 2.43. The quantitative estimate of drug-likeness (QED) is 0.772. The maximum atomic E-state index is 10.3. The van der Waals surface area contributed by atoms with E-state index in [0.29, 0.717) is 0 Å². The summed E-state index contributed by atoms with van der Waals surface area (Å²) in [6.45, 7) is 4.11. The van der Waals surface area contributed by atoms with Crippen molar-refractivity contribution in [2.75, 3.05) is 0 Å². The van der Waals surface area contributed by atoms with Crippen LogP contribution in [0.1, 0.15) is 26.3 Å². The van der Waals surface area contributed by atoms with E-state index >= 15 is 0 Å². The molecule has 1 atom stereocenters. The van der Waals surface area contributed by atoms with Crippen molar-refractivity contribution in [3.8, 4) is 0 Å². The molecule has 0 aromatic carbocycles. The second-order valence-electron chi connectivity index (χ2n) is 3.58. The average Bonchev–Trinajstić information content (AvgIpc) is 2.70. The lowest BCUT2D eigenvalue weighted by atomic mass is 10.2. The minimum atomic E-state index is -0.508. The lowest BCUT2D eigenvalue weighted by molar-refractivity contribution is 0.227. The van der Waals surface area contributed by atoms with Crippen molar-refractivity contribution in [3.63, 3.8) is 0 Å². The van der Waals surface area contributed by atoms with Gasteiger partial charge in [0.2, 0.25) is 0 Å². The van der Waals surface area contributed by atoms with E-state index in [2.05, 4.69) is 44.8 Å². The first-order chi connectivity index (χ1) is 7.49. The van der Waals surface area contributed by atoms with E-state index in [1.165, 1.54) is 4.88 Å². The molecule has 0 bridgehead atoms. The average molecular weight is 382 g/mol. The van der Waals surface area contributed by atoms with Gasteiger partial charge in [0, 0.05) is 19.1 Å². The van der Waals surface area contributed by atoms with Crippen molar-refractivity contribution >= 4 is 54.5 Å². The number of hydrogen-bond donors (Lipinski definition) is 1. The number of halogens is 2. The smallest absolute Gasteiger partial charge is 0.123 e. The fourth-order valence-electron chi connectivity index (χ4n) is 1.56. The van der Waals surface area contributed by atoms with Crippen LogP contribution in [-0.2, 0) is 0 Å². The summed E-state index contributed by atoms with van der Waals surface area (Å²) in [6.07, 6.45) is -0.508. The van der Waals surface area contributed by atoms with E-state index < -0.39 is 6.10 Å². The predicted molar refractivity (Wildman–Crippen MR) is 77.6 cm³/mol. The Balaban J connectivity index is 2.38. The van der Waals surface area contributed by atoms with Crippen LogP contribution in [0.3, 0.4) is 0 Å². The second-order valence-corrected chi connectivity index (χ2v) is 8.12. The van der Waals surface area contributed by atoms with E-state index in [-0.39, 0.29) is 0 Å². The number of aliphatic hydroxyl groups excluding tert-OH is 1. The fourth-order valence-corrected chi connectivity index (χ4v) is 4.76. The zero-order valence-corrected chi connectivity index (χ0v) is 13.6. The molecule has 0 fully saturated rings. The van der Waals surface area contributed by atoms with Gasteiger partial charge in [-0.15, -0.1) is 22.7 Å². The van der Waals surface area contributed by atoms with Gasteiger partial charge in [0.1, 0.15) is 6.10 Å². The molecule has 0 saturated heterocycles. The summed E-state index contributed by atoms with van der Waals surface area (Å²) in [5.41, 5.74) is 1.16. The van der Waals surface area contributed by atoms with Crippen LogP contribution < -0.4 is 0 Å². The monoisotopic (exact) mass is 380 g/mol. The molecule has 16 heavy (non-hydrogen) atoms. The summed E-state index contributed by atoms with van der Waals surface area (Å²) in [6, 6.07) is 4.08. The highest BCUT2D eigenvalue weighted by atomic mass is 79.9. The van der Waals surface area contributed by atoms with Gasteiger partial charge in [-0.25, -0.2) is 0 Å². The van der Waals surface area contributed by atoms with E-state index in [1.807, 2.05) is 13.0 Å². The van der Waals surface area contributed by atoms with Gasteiger partial charge in [-0.1, -0.05) is 0 Å². The normalized spacial score (nSPS) is 13.1. The number of hydrogen-bond acceptors (Lipinski definition) is 3. The number of thiophene rings is 2. The van der Waals surface area contributed by atoms with Crippen LogP contribution in [-0.4, -0.2) is 5.11 Å². The number of aryl methyl sites for hydroxylation is 2. The van der Waals surface area contributed by atoms with Crippen LogP contribution in [0.15, 0.2) is 20.4 Å². The largest absolute Gasteiger partial charge is 0.382 e. The van der Waals surface area contributed by atoms with Gasteiger partial charge in [-0.2, -0.15) is 0 Å². The van der Waals surface area contributed by atoms with Gasteiger partial charge in [0.15, 0.2) is 0 Å². The Labute approximate surface area is 119 Å². The first-order valence-electron chi connectivity index (χ1n) is 4.68. The van der Waals surface area contributed by atoms with Crippen LogP contribution in [0.25, 0.3) is 0 Å². The van der Waals surface area contributed by atoms with E-state index in [9.17, 15) is 5.11 Å². The van der Waals surface area contributed by atoms with Crippen LogP contribution >= 0.6 is 54.5 Å². The minimum Gasteiger partial charge on any atom is -0.382 e. The third-order valence-corrected chi connectivity index (χ3v) is 6.78. The molecule has 2 heterocycles. The van der Waals surface area contributed by atoms with Crippen LogP contribution in [0.5, 0.6) is 0 Å².